The summed E-state index contributed by atoms with van der Waals surface area (Å²) in [5.74, 6) is -3.11. The summed E-state index contributed by atoms with van der Waals surface area (Å²) in [6.07, 6.45) is 51.1. The summed E-state index contributed by atoms with van der Waals surface area (Å²) in [5, 5.41) is 31.5. The highest BCUT2D eigenvalue weighted by Gasteiger charge is 2.50. The van der Waals surface area contributed by atoms with Crippen LogP contribution in [0.15, 0.2) is 36.5 Å². The number of aliphatic hydroxyl groups is 2. The minimum atomic E-state index is -1.90. The Labute approximate surface area is 470 Å². The Bertz CT molecular complexity index is 1480. The van der Waals surface area contributed by atoms with Gasteiger partial charge in [0, 0.05) is 19.3 Å². The molecule has 6 atom stereocenters. The molecule has 0 aromatic heterocycles. The lowest BCUT2D eigenvalue weighted by molar-refractivity contribution is -0.301. The number of carbonyl (C=O) groups excluding carboxylic acids is 3. The average Bonchev–Trinajstić information content (AvgIpc) is 3.42. The third-order valence-corrected chi connectivity index (χ3v) is 14.7. The number of unbranched alkanes of at least 4 members (excludes halogenated alkanes) is 35. The second-order valence-electron chi connectivity index (χ2n) is 22.0. The molecular formula is C65H116O12. The predicted molar refractivity (Wildman–Crippen MR) is 313 cm³/mol. The lowest BCUT2D eigenvalue weighted by Crippen LogP contribution is -2.61. The fourth-order valence-corrected chi connectivity index (χ4v) is 9.69. The fraction of sp³-hybridized carbons (Fsp3) is 0.846. The van der Waals surface area contributed by atoms with Gasteiger partial charge in [-0.2, -0.15) is 0 Å². The number of rotatable bonds is 55. The summed E-state index contributed by atoms with van der Waals surface area (Å²) >= 11 is 0. The SMILES string of the molecule is CCCC/C=C\CCCCCCCC(=O)OC(COC(=O)CCCCCCCCCCC/C=C\CCCCCCCC)COC1OC(C(=O)O)C(O)C(O)C1OC(=O)CCCCCCCCC/C=C\CCCCCCCC. The van der Waals surface area contributed by atoms with E-state index >= 15 is 0 Å². The number of aliphatic hydroxyl groups excluding tert-OH is 2. The van der Waals surface area contributed by atoms with Crippen LogP contribution >= 0.6 is 0 Å². The zero-order chi connectivity index (χ0) is 56.1. The summed E-state index contributed by atoms with van der Waals surface area (Å²) in [5.41, 5.74) is 0. The summed E-state index contributed by atoms with van der Waals surface area (Å²) in [4.78, 5) is 51.2. The Morgan fingerprint density at radius 1 is 0.416 bits per heavy atom. The number of allylic oxidation sites excluding steroid dienone is 6. The van der Waals surface area contributed by atoms with E-state index in [9.17, 15) is 34.5 Å². The molecule has 0 aliphatic carbocycles. The first-order valence-corrected chi connectivity index (χ1v) is 32.0. The summed E-state index contributed by atoms with van der Waals surface area (Å²) in [7, 11) is 0. The second kappa shape index (κ2) is 53.6. The van der Waals surface area contributed by atoms with E-state index in [4.69, 9.17) is 23.7 Å². The molecule has 0 saturated carbocycles. The van der Waals surface area contributed by atoms with Gasteiger partial charge in [-0.3, -0.25) is 14.4 Å². The van der Waals surface area contributed by atoms with Gasteiger partial charge in [-0.1, -0.05) is 231 Å². The third kappa shape index (κ3) is 43.4. The smallest absolute Gasteiger partial charge is 0.335 e. The predicted octanol–water partition coefficient (Wildman–Crippen LogP) is 16.8. The molecule has 0 spiro atoms. The molecular weight excluding hydrogens is 973 g/mol. The van der Waals surface area contributed by atoms with Gasteiger partial charge in [0.1, 0.15) is 18.8 Å². The monoisotopic (exact) mass is 1090 g/mol. The fourth-order valence-electron chi connectivity index (χ4n) is 9.69. The molecule has 448 valence electrons. The standard InChI is InChI=1S/C65H116O12/c1-4-7-10-13-16-19-22-24-26-28-29-31-32-34-37-39-42-45-48-51-57(66)73-54-56(75-58(67)52-49-46-43-40-36-21-18-15-12-9-6-3)55-74-65-63(61(70)60(69)62(77-65)64(71)72)76-59(68)53-50-47-44-41-38-35-33-30-27-25-23-20-17-14-11-8-5-2/h15,18,24-27,56,60-63,65,69-70H,4-14,16-17,19-23,28-55H2,1-3H3,(H,71,72)/b18-15-,26-24-,27-25-. The van der Waals surface area contributed by atoms with Crippen molar-refractivity contribution in [2.45, 2.75) is 340 Å². The Morgan fingerprint density at radius 2 is 0.753 bits per heavy atom. The first-order chi connectivity index (χ1) is 37.6. The number of carbonyl (C=O) groups is 4. The number of hydrogen-bond acceptors (Lipinski definition) is 11. The van der Waals surface area contributed by atoms with Gasteiger partial charge in [-0.15, -0.1) is 0 Å². The molecule has 1 aliphatic heterocycles. The highest BCUT2D eigenvalue weighted by Crippen LogP contribution is 2.27. The quantitative estimate of drug-likeness (QED) is 0.0228. The summed E-state index contributed by atoms with van der Waals surface area (Å²) in [6, 6.07) is 0. The summed E-state index contributed by atoms with van der Waals surface area (Å²) in [6.45, 7) is 5.97. The topological polar surface area (TPSA) is 175 Å². The van der Waals surface area contributed by atoms with Gasteiger partial charge in [0.15, 0.2) is 24.6 Å². The van der Waals surface area contributed by atoms with E-state index in [2.05, 4.69) is 57.2 Å². The van der Waals surface area contributed by atoms with E-state index in [1.165, 1.54) is 154 Å². The van der Waals surface area contributed by atoms with Crippen molar-refractivity contribution in [1.29, 1.82) is 0 Å². The highest BCUT2D eigenvalue weighted by atomic mass is 16.7. The molecule has 0 radical (unpaired) electrons. The molecule has 77 heavy (non-hydrogen) atoms. The third-order valence-electron chi connectivity index (χ3n) is 14.7. The number of ether oxygens (including phenoxy) is 5. The second-order valence-corrected chi connectivity index (χ2v) is 22.0. The van der Waals surface area contributed by atoms with Crippen LogP contribution in [-0.2, 0) is 42.9 Å². The molecule has 12 nitrogen and oxygen atoms in total. The summed E-state index contributed by atoms with van der Waals surface area (Å²) < 4.78 is 28.5. The van der Waals surface area contributed by atoms with Crippen LogP contribution in [0.2, 0.25) is 0 Å². The van der Waals surface area contributed by atoms with Crippen LogP contribution in [0.4, 0.5) is 0 Å². The number of hydrogen-bond donors (Lipinski definition) is 3. The van der Waals surface area contributed by atoms with Gasteiger partial charge >= 0.3 is 23.9 Å². The van der Waals surface area contributed by atoms with Crippen molar-refractivity contribution in [3.63, 3.8) is 0 Å². The maximum Gasteiger partial charge on any atom is 0.335 e. The lowest BCUT2D eigenvalue weighted by Gasteiger charge is -2.40. The van der Waals surface area contributed by atoms with Crippen molar-refractivity contribution < 1.29 is 58.2 Å². The molecule has 0 aromatic rings. The molecule has 0 aromatic carbocycles. The number of esters is 3. The maximum atomic E-state index is 13.1. The lowest BCUT2D eigenvalue weighted by atomic mass is 9.98. The molecule has 1 heterocycles. The first-order valence-electron chi connectivity index (χ1n) is 32.0. The Kier molecular flexibility index (Phi) is 50.1. The Morgan fingerprint density at radius 3 is 1.14 bits per heavy atom. The van der Waals surface area contributed by atoms with E-state index in [0.717, 1.165) is 89.9 Å². The number of carboxylic acids is 1. The van der Waals surface area contributed by atoms with Gasteiger partial charge < -0.3 is 39.0 Å². The van der Waals surface area contributed by atoms with Crippen LogP contribution in [-0.4, -0.2) is 89.2 Å². The highest BCUT2D eigenvalue weighted by molar-refractivity contribution is 5.74. The Balaban J connectivity index is 2.62. The van der Waals surface area contributed by atoms with Crippen LogP contribution in [0.3, 0.4) is 0 Å². The largest absolute Gasteiger partial charge is 0.479 e. The molecule has 6 unspecified atom stereocenters. The van der Waals surface area contributed by atoms with Crippen molar-refractivity contribution in [3.05, 3.63) is 36.5 Å². The van der Waals surface area contributed by atoms with E-state index < -0.39 is 67.3 Å². The van der Waals surface area contributed by atoms with E-state index in [-0.39, 0.29) is 25.9 Å². The number of carboxylic acid groups (broad SMARTS) is 1. The van der Waals surface area contributed by atoms with E-state index in [1.807, 2.05) is 0 Å². The van der Waals surface area contributed by atoms with Crippen molar-refractivity contribution in [1.82, 2.24) is 0 Å². The van der Waals surface area contributed by atoms with Gasteiger partial charge in [0.25, 0.3) is 0 Å². The van der Waals surface area contributed by atoms with Crippen LogP contribution in [0.1, 0.15) is 303 Å². The van der Waals surface area contributed by atoms with E-state index in [0.29, 0.717) is 19.3 Å². The van der Waals surface area contributed by atoms with Crippen molar-refractivity contribution in [3.8, 4) is 0 Å². The van der Waals surface area contributed by atoms with Gasteiger partial charge in [0.2, 0.25) is 0 Å². The molecule has 3 N–H and O–H groups in total. The zero-order valence-electron chi connectivity index (χ0n) is 49.5. The molecule has 0 amide bonds. The minimum absolute atomic E-state index is 0.0573. The first kappa shape index (κ1) is 72.0. The molecule has 1 fully saturated rings. The van der Waals surface area contributed by atoms with Crippen molar-refractivity contribution in [2.24, 2.45) is 0 Å². The average molecular weight is 1090 g/mol. The van der Waals surface area contributed by atoms with Gasteiger partial charge in [0.05, 0.1) is 6.61 Å². The molecule has 1 aliphatic rings. The van der Waals surface area contributed by atoms with Crippen LogP contribution in [0, 0.1) is 0 Å². The zero-order valence-corrected chi connectivity index (χ0v) is 49.5. The van der Waals surface area contributed by atoms with Crippen LogP contribution < -0.4 is 0 Å². The molecule has 12 heteroatoms. The van der Waals surface area contributed by atoms with Gasteiger partial charge in [-0.05, 0) is 89.9 Å². The minimum Gasteiger partial charge on any atom is -0.479 e. The molecule has 1 rings (SSSR count). The normalized spacial score (nSPS) is 18.2. The maximum absolute atomic E-state index is 13.1. The van der Waals surface area contributed by atoms with E-state index in [1.54, 1.807) is 0 Å². The van der Waals surface area contributed by atoms with Crippen LogP contribution in [0.25, 0.3) is 0 Å². The molecule has 1 saturated heterocycles. The van der Waals surface area contributed by atoms with Gasteiger partial charge in [-0.25, -0.2) is 4.79 Å². The molecule has 0 bridgehead atoms. The van der Waals surface area contributed by atoms with Crippen molar-refractivity contribution in [2.75, 3.05) is 13.2 Å². The van der Waals surface area contributed by atoms with Crippen molar-refractivity contribution >= 4 is 23.9 Å². The number of aliphatic carboxylic acids is 1. The van der Waals surface area contributed by atoms with Crippen LogP contribution in [0.5, 0.6) is 0 Å². The Hall–Kier alpha value is -3.06.